The molecule has 0 unspecified atom stereocenters. The number of unbranched alkanes of at least 4 members (excludes halogenated alkanes) is 1. The maximum absolute atomic E-state index is 2.41. The van der Waals surface area contributed by atoms with Gasteiger partial charge in [-0.1, -0.05) is 52.3 Å². The average molecular weight is 204 g/mol. The first-order valence-corrected chi connectivity index (χ1v) is 6.30. The van der Waals surface area contributed by atoms with Gasteiger partial charge in [-0.2, -0.15) is 0 Å². The monoisotopic (exact) mass is 204 g/mol. The van der Waals surface area contributed by atoms with E-state index in [0.29, 0.717) is 5.92 Å². The highest BCUT2D eigenvalue weighted by Gasteiger charge is 2.06. The fourth-order valence-electron chi connectivity index (χ4n) is 2.03. The zero-order chi connectivity index (χ0) is 11.3. The second kappa shape index (κ2) is 5.95. The lowest BCUT2D eigenvalue weighted by atomic mass is 9.92. The molecule has 0 saturated heterocycles. The van der Waals surface area contributed by atoms with Crippen LogP contribution in [0.25, 0.3) is 0 Å². The first-order valence-electron chi connectivity index (χ1n) is 6.30. The van der Waals surface area contributed by atoms with E-state index in [2.05, 4.69) is 45.9 Å². The summed E-state index contributed by atoms with van der Waals surface area (Å²) in [7, 11) is 0. The molecule has 0 heterocycles. The lowest BCUT2D eigenvalue weighted by Gasteiger charge is -2.14. The van der Waals surface area contributed by atoms with E-state index >= 15 is 0 Å². The summed E-state index contributed by atoms with van der Waals surface area (Å²) in [4.78, 5) is 0. The van der Waals surface area contributed by atoms with Crippen LogP contribution in [-0.4, -0.2) is 0 Å². The molecule has 15 heavy (non-hydrogen) atoms. The van der Waals surface area contributed by atoms with Crippen molar-refractivity contribution in [1.82, 2.24) is 0 Å². The number of hydrogen-bond acceptors (Lipinski definition) is 0. The van der Waals surface area contributed by atoms with Gasteiger partial charge < -0.3 is 0 Å². The standard InChI is InChI=1S/C15H24/c1-5-7-8-14-11-13(6-2)9-10-15(14)12(3)4/h9-12H,5-8H2,1-4H3. The Labute approximate surface area is 94.7 Å². The summed E-state index contributed by atoms with van der Waals surface area (Å²) in [5.41, 5.74) is 4.59. The predicted molar refractivity (Wildman–Crippen MR) is 68.5 cm³/mol. The van der Waals surface area contributed by atoms with Gasteiger partial charge >= 0.3 is 0 Å². The molecule has 0 radical (unpaired) electrons. The summed E-state index contributed by atoms with van der Waals surface area (Å²) in [6.07, 6.45) is 5.00. The molecule has 0 aliphatic carbocycles. The second-order valence-corrected chi connectivity index (χ2v) is 4.64. The van der Waals surface area contributed by atoms with E-state index in [-0.39, 0.29) is 0 Å². The molecule has 0 N–H and O–H groups in total. The van der Waals surface area contributed by atoms with Crippen LogP contribution in [0.5, 0.6) is 0 Å². The lowest BCUT2D eigenvalue weighted by Crippen LogP contribution is -1.98. The van der Waals surface area contributed by atoms with E-state index in [0.717, 1.165) is 6.42 Å². The minimum Gasteiger partial charge on any atom is -0.0654 e. The van der Waals surface area contributed by atoms with Crippen LogP contribution in [0.4, 0.5) is 0 Å². The summed E-state index contributed by atoms with van der Waals surface area (Å²) >= 11 is 0. The number of rotatable bonds is 5. The van der Waals surface area contributed by atoms with Crippen molar-refractivity contribution >= 4 is 0 Å². The molecular weight excluding hydrogens is 180 g/mol. The molecule has 0 aliphatic heterocycles. The molecule has 84 valence electrons. The van der Waals surface area contributed by atoms with Crippen LogP contribution in [-0.2, 0) is 12.8 Å². The van der Waals surface area contributed by atoms with Crippen molar-refractivity contribution in [2.75, 3.05) is 0 Å². The van der Waals surface area contributed by atoms with Gasteiger partial charge in [0.15, 0.2) is 0 Å². The number of hydrogen-bond donors (Lipinski definition) is 0. The van der Waals surface area contributed by atoms with E-state index in [1.54, 1.807) is 11.1 Å². The third-order valence-corrected chi connectivity index (χ3v) is 3.04. The zero-order valence-electron chi connectivity index (χ0n) is 10.6. The van der Waals surface area contributed by atoms with E-state index in [9.17, 15) is 0 Å². The highest BCUT2D eigenvalue weighted by atomic mass is 14.1. The van der Waals surface area contributed by atoms with Crippen LogP contribution in [0.2, 0.25) is 0 Å². The largest absolute Gasteiger partial charge is 0.0654 e. The van der Waals surface area contributed by atoms with Crippen molar-refractivity contribution in [2.24, 2.45) is 0 Å². The van der Waals surface area contributed by atoms with Crippen molar-refractivity contribution < 1.29 is 0 Å². The molecule has 0 nitrogen and oxygen atoms in total. The summed E-state index contributed by atoms with van der Waals surface area (Å²) in [6.45, 7) is 9.07. The molecule has 0 spiro atoms. The van der Waals surface area contributed by atoms with Gasteiger partial charge in [-0.05, 0) is 41.9 Å². The minimum absolute atomic E-state index is 0.655. The van der Waals surface area contributed by atoms with E-state index < -0.39 is 0 Å². The normalized spacial score (nSPS) is 11.0. The Morgan fingerprint density at radius 3 is 2.40 bits per heavy atom. The average Bonchev–Trinajstić information content (AvgIpc) is 2.25. The summed E-state index contributed by atoms with van der Waals surface area (Å²) in [6, 6.07) is 7.02. The van der Waals surface area contributed by atoms with Crippen LogP contribution < -0.4 is 0 Å². The van der Waals surface area contributed by atoms with Crippen molar-refractivity contribution in [3.63, 3.8) is 0 Å². The minimum atomic E-state index is 0.655. The molecule has 0 aliphatic rings. The predicted octanol–water partition coefficient (Wildman–Crippen LogP) is 4.72. The smallest absolute Gasteiger partial charge is 0.0216 e. The molecular formula is C15H24. The van der Waals surface area contributed by atoms with Crippen molar-refractivity contribution in [1.29, 1.82) is 0 Å². The number of aryl methyl sites for hydroxylation is 2. The summed E-state index contributed by atoms with van der Waals surface area (Å²) < 4.78 is 0. The van der Waals surface area contributed by atoms with Crippen LogP contribution in [0.3, 0.4) is 0 Å². The molecule has 0 heteroatoms. The Morgan fingerprint density at radius 2 is 1.87 bits per heavy atom. The second-order valence-electron chi connectivity index (χ2n) is 4.64. The zero-order valence-corrected chi connectivity index (χ0v) is 10.6. The van der Waals surface area contributed by atoms with Gasteiger partial charge in [0.2, 0.25) is 0 Å². The molecule has 0 atom stereocenters. The molecule has 0 fully saturated rings. The summed E-state index contributed by atoms with van der Waals surface area (Å²) in [5.74, 6) is 0.655. The van der Waals surface area contributed by atoms with Crippen LogP contribution in [0.1, 0.15) is 63.1 Å². The van der Waals surface area contributed by atoms with E-state index in [4.69, 9.17) is 0 Å². The topological polar surface area (TPSA) is 0 Å². The van der Waals surface area contributed by atoms with Gasteiger partial charge in [-0.15, -0.1) is 0 Å². The highest BCUT2D eigenvalue weighted by Crippen LogP contribution is 2.22. The van der Waals surface area contributed by atoms with Gasteiger partial charge in [-0.3, -0.25) is 0 Å². The van der Waals surface area contributed by atoms with Crippen molar-refractivity contribution in [3.05, 3.63) is 34.9 Å². The number of benzene rings is 1. The van der Waals surface area contributed by atoms with Gasteiger partial charge in [0.1, 0.15) is 0 Å². The SMILES string of the molecule is CCCCc1cc(CC)ccc1C(C)C. The summed E-state index contributed by atoms with van der Waals surface area (Å²) in [5, 5.41) is 0. The Bertz CT molecular complexity index is 297. The third-order valence-electron chi connectivity index (χ3n) is 3.04. The fourth-order valence-corrected chi connectivity index (χ4v) is 2.03. The highest BCUT2D eigenvalue weighted by molar-refractivity contribution is 5.34. The van der Waals surface area contributed by atoms with E-state index in [1.807, 2.05) is 0 Å². The lowest BCUT2D eigenvalue weighted by molar-refractivity contribution is 0.765. The Balaban J connectivity index is 2.94. The Hall–Kier alpha value is -0.780. The van der Waals surface area contributed by atoms with Gasteiger partial charge in [0.05, 0.1) is 0 Å². The molecule has 0 saturated carbocycles. The molecule has 0 bridgehead atoms. The third kappa shape index (κ3) is 3.37. The molecule has 1 aromatic rings. The molecule has 0 aromatic heterocycles. The first-order chi connectivity index (χ1) is 7.19. The van der Waals surface area contributed by atoms with E-state index in [1.165, 1.54) is 24.8 Å². The quantitative estimate of drug-likeness (QED) is 0.651. The molecule has 1 rings (SSSR count). The Morgan fingerprint density at radius 1 is 1.13 bits per heavy atom. The van der Waals surface area contributed by atoms with Crippen molar-refractivity contribution in [2.45, 2.75) is 59.3 Å². The molecule has 1 aromatic carbocycles. The fraction of sp³-hybridized carbons (Fsp3) is 0.600. The van der Waals surface area contributed by atoms with Gasteiger partial charge in [0.25, 0.3) is 0 Å². The van der Waals surface area contributed by atoms with Crippen molar-refractivity contribution in [3.8, 4) is 0 Å². The maximum Gasteiger partial charge on any atom is -0.0216 e. The first kappa shape index (κ1) is 12.3. The maximum atomic E-state index is 2.41. The Kier molecular flexibility index (Phi) is 4.87. The van der Waals surface area contributed by atoms with Crippen LogP contribution >= 0.6 is 0 Å². The van der Waals surface area contributed by atoms with Crippen LogP contribution in [0, 0.1) is 0 Å². The van der Waals surface area contributed by atoms with Gasteiger partial charge in [0, 0.05) is 0 Å². The van der Waals surface area contributed by atoms with Gasteiger partial charge in [-0.25, -0.2) is 0 Å². The van der Waals surface area contributed by atoms with Crippen LogP contribution in [0.15, 0.2) is 18.2 Å². The molecule has 0 amide bonds.